The van der Waals surface area contributed by atoms with Gasteiger partial charge >= 0.3 is 0 Å². The van der Waals surface area contributed by atoms with E-state index in [9.17, 15) is 4.79 Å². The van der Waals surface area contributed by atoms with Gasteiger partial charge < -0.3 is 14.5 Å². The molecule has 4 rings (SSSR count). The molecule has 1 saturated heterocycles. The number of ether oxygens (including phenoxy) is 1. The Balaban J connectivity index is 1.56. The van der Waals surface area contributed by atoms with E-state index in [1.165, 1.54) is 0 Å². The summed E-state index contributed by atoms with van der Waals surface area (Å²) in [6.07, 6.45) is 2.52. The minimum Gasteiger partial charge on any atom is -0.477 e. The van der Waals surface area contributed by atoms with Crippen molar-refractivity contribution >= 4 is 22.6 Å². The van der Waals surface area contributed by atoms with E-state index in [2.05, 4.69) is 20.9 Å². The Hall–Kier alpha value is -3.22. The van der Waals surface area contributed by atoms with Crippen molar-refractivity contribution < 1.29 is 9.53 Å². The second kappa shape index (κ2) is 8.43. The van der Waals surface area contributed by atoms with Crippen LogP contribution in [0.5, 0.6) is 5.88 Å². The first-order valence-corrected chi connectivity index (χ1v) is 10.0. The number of carbonyl (C=O) groups excluding carboxylic acids is 1. The van der Waals surface area contributed by atoms with Crippen molar-refractivity contribution in [3.05, 3.63) is 54.0 Å². The average molecular weight is 391 g/mol. The first-order chi connectivity index (χ1) is 14.2. The van der Waals surface area contributed by atoms with Gasteiger partial charge in [0.1, 0.15) is 17.2 Å². The summed E-state index contributed by atoms with van der Waals surface area (Å²) in [4.78, 5) is 30.7. The molecule has 0 spiro atoms. The van der Waals surface area contributed by atoms with Crippen LogP contribution in [0.1, 0.15) is 29.5 Å². The molecule has 0 N–H and O–H groups in total. The van der Waals surface area contributed by atoms with Gasteiger partial charge in [-0.1, -0.05) is 12.1 Å². The van der Waals surface area contributed by atoms with Gasteiger partial charge in [0.05, 0.1) is 12.1 Å². The number of hydrogen-bond donors (Lipinski definition) is 0. The maximum Gasteiger partial charge on any atom is 0.259 e. The standard InChI is InChI=1S/C22H25N5O2/c1-3-29-21-18(9-6-11-23-21)22(28)27-13-7-12-26(14-15-27)20-17-8-4-5-10-19(17)24-16(2)25-20/h4-6,8-11H,3,7,12-15H2,1-2H3. The van der Waals surface area contributed by atoms with E-state index < -0.39 is 0 Å². The van der Waals surface area contributed by atoms with E-state index in [1.807, 2.05) is 36.9 Å². The summed E-state index contributed by atoms with van der Waals surface area (Å²) < 4.78 is 5.55. The highest BCUT2D eigenvalue weighted by Gasteiger charge is 2.24. The molecule has 2 aromatic heterocycles. The normalized spacial score (nSPS) is 14.7. The number of aromatic nitrogens is 3. The molecular formula is C22H25N5O2. The summed E-state index contributed by atoms with van der Waals surface area (Å²) in [5, 5.41) is 1.05. The van der Waals surface area contributed by atoms with Crippen molar-refractivity contribution in [3.8, 4) is 5.88 Å². The Kier molecular flexibility index (Phi) is 5.55. The molecule has 1 amide bonds. The quantitative estimate of drug-likeness (QED) is 0.681. The van der Waals surface area contributed by atoms with Crippen LogP contribution < -0.4 is 9.64 Å². The van der Waals surface area contributed by atoms with Gasteiger partial charge in [-0.25, -0.2) is 15.0 Å². The lowest BCUT2D eigenvalue weighted by molar-refractivity contribution is 0.0762. The Morgan fingerprint density at radius 3 is 2.79 bits per heavy atom. The van der Waals surface area contributed by atoms with E-state index in [0.29, 0.717) is 31.1 Å². The number of aryl methyl sites for hydroxylation is 1. The lowest BCUT2D eigenvalue weighted by atomic mass is 10.2. The molecule has 1 aromatic carbocycles. The molecule has 7 heteroatoms. The molecule has 0 bridgehead atoms. The fourth-order valence-corrected chi connectivity index (χ4v) is 3.72. The van der Waals surface area contributed by atoms with Crippen molar-refractivity contribution in [3.63, 3.8) is 0 Å². The number of nitrogens with zero attached hydrogens (tertiary/aromatic N) is 5. The van der Waals surface area contributed by atoms with Gasteiger partial charge in [-0.3, -0.25) is 4.79 Å². The van der Waals surface area contributed by atoms with E-state index >= 15 is 0 Å². The topological polar surface area (TPSA) is 71.5 Å². The smallest absolute Gasteiger partial charge is 0.259 e. The molecule has 1 aliphatic rings. The summed E-state index contributed by atoms with van der Waals surface area (Å²) >= 11 is 0. The minimum atomic E-state index is -0.0351. The second-order valence-electron chi connectivity index (χ2n) is 7.03. The molecule has 3 aromatic rings. The molecule has 0 atom stereocenters. The zero-order chi connectivity index (χ0) is 20.2. The van der Waals surface area contributed by atoms with Gasteiger partial charge in [0.25, 0.3) is 5.91 Å². The molecule has 0 saturated carbocycles. The fourth-order valence-electron chi connectivity index (χ4n) is 3.72. The number of amides is 1. The number of rotatable bonds is 4. The fraction of sp³-hybridized carbons (Fsp3) is 0.364. The second-order valence-corrected chi connectivity index (χ2v) is 7.03. The van der Waals surface area contributed by atoms with Gasteiger partial charge in [-0.2, -0.15) is 0 Å². The third kappa shape index (κ3) is 3.99. The highest BCUT2D eigenvalue weighted by molar-refractivity contribution is 5.96. The molecule has 150 valence electrons. The predicted octanol–water partition coefficient (Wildman–Crippen LogP) is 3.08. The first-order valence-electron chi connectivity index (χ1n) is 10.0. The van der Waals surface area contributed by atoms with Crippen LogP contribution in [0.4, 0.5) is 5.82 Å². The van der Waals surface area contributed by atoms with Crippen LogP contribution in [-0.2, 0) is 0 Å². The van der Waals surface area contributed by atoms with Crippen LogP contribution >= 0.6 is 0 Å². The van der Waals surface area contributed by atoms with Crippen LogP contribution in [0, 0.1) is 6.92 Å². The van der Waals surface area contributed by atoms with Gasteiger partial charge in [0, 0.05) is 37.8 Å². The van der Waals surface area contributed by atoms with E-state index in [1.54, 1.807) is 18.3 Å². The van der Waals surface area contributed by atoms with Crippen molar-refractivity contribution in [1.29, 1.82) is 0 Å². The third-order valence-corrected chi connectivity index (χ3v) is 5.06. The Labute approximate surface area is 170 Å². The predicted molar refractivity (Wildman–Crippen MR) is 112 cm³/mol. The number of pyridine rings is 1. The largest absolute Gasteiger partial charge is 0.477 e. The maximum absolute atomic E-state index is 13.1. The maximum atomic E-state index is 13.1. The lowest BCUT2D eigenvalue weighted by Gasteiger charge is -2.24. The Bertz CT molecular complexity index is 1020. The molecule has 1 fully saturated rings. The number of benzene rings is 1. The molecular weight excluding hydrogens is 366 g/mol. The molecule has 0 aliphatic carbocycles. The molecule has 1 aliphatic heterocycles. The summed E-state index contributed by atoms with van der Waals surface area (Å²) in [5.74, 6) is 2.07. The van der Waals surface area contributed by atoms with Gasteiger partial charge in [-0.15, -0.1) is 0 Å². The Morgan fingerprint density at radius 1 is 1.07 bits per heavy atom. The highest BCUT2D eigenvalue weighted by atomic mass is 16.5. The van der Waals surface area contributed by atoms with Crippen molar-refractivity contribution in [1.82, 2.24) is 19.9 Å². The van der Waals surface area contributed by atoms with Crippen LogP contribution in [0.3, 0.4) is 0 Å². The van der Waals surface area contributed by atoms with Crippen LogP contribution in [-0.4, -0.2) is 58.5 Å². The molecule has 0 unspecified atom stereocenters. The minimum absolute atomic E-state index is 0.0351. The van der Waals surface area contributed by atoms with E-state index in [4.69, 9.17) is 9.72 Å². The Morgan fingerprint density at radius 2 is 1.93 bits per heavy atom. The molecule has 7 nitrogen and oxygen atoms in total. The monoisotopic (exact) mass is 391 g/mol. The summed E-state index contributed by atoms with van der Waals surface area (Å²) in [6.45, 7) is 7.16. The van der Waals surface area contributed by atoms with Crippen LogP contribution in [0.15, 0.2) is 42.6 Å². The summed E-state index contributed by atoms with van der Waals surface area (Å²) in [6, 6.07) is 11.6. The number of hydrogen-bond acceptors (Lipinski definition) is 6. The van der Waals surface area contributed by atoms with Crippen molar-refractivity contribution in [2.24, 2.45) is 0 Å². The number of carbonyl (C=O) groups is 1. The third-order valence-electron chi connectivity index (χ3n) is 5.06. The van der Waals surface area contributed by atoms with E-state index in [-0.39, 0.29) is 5.91 Å². The summed E-state index contributed by atoms with van der Waals surface area (Å²) in [5.41, 5.74) is 1.47. The lowest BCUT2D eigenvalue weighted by Crippen LogP contribution is -2.35. The highest BCUT2D eigenvalue weighted by Crippen LogP contribution is 2.25. The van der Waals surface area contributed by atoms with E-state index in [0.717, 1.165) is 42.1 Å². The molecule has 29 heavy (non-hydrogen) atoms. The van der Waals surface area contributed by atoms with Crippen molar-refractivity contribution in [2.75, 3.05) is 37.7 Å². The van der Waals surface area contributed by atoms with Gasteiger partial charge in [-0.05, 0) is 44.5 Å². The number of para-hydroxylation sites is 1. The zero-order valence-corrected chi connectivity index (χ0v) is 16.8. The first kappa shape index (κ1) is 19.1. The molecule has 0 radical (unpaired) electrons. The zero-order valence-electron chi connectivity index (χ0n) is 16.8. The van der Waals surface area contributed by atoms with Crippen LogP contribution in [0.25, 0.3) is 10.9 Å². The average Bonchev–Trinajstić information content (AvgIpc) is 2.99. The van der Waals surface area contributed by atoms with Gasteiger partial charge in [0.15, 0.2) is 0 Å². The van der Waals surface area contributed by atoms with Gasteiger partial charge in [0.2, 0.25) is 5.88 Å². The SMILES string of the molecule is CCOc1ncccc1C(=O)N1CCCN(c2nc(C)nc3ccccc23)CC1. The van der Waals surface area contributed by atoms with Crippen molar-refractivity contribution in [2.45, 2.75) is 20.3 Å². The molecule has 3 heterocycles. The summed E-state index contributed by atoms with van der Waals surface area (Å²) in [7, 11) is 0. The number of fused-ring (bicyclic) bond motifs is 1. The number of anilines is 1. The van der Waals surface area contributed by atoms with Crippen LogP contribution in [0.2, 0.25) is 0 Å².